The first-order valence-electron chi connectivity index (χ1n) is 32.3. The van der Waals surface area contributed by atoms with Crippen molar-refractivity contribution in [2.24, 2.45) is 0 Å². The Hall–Kier alpha value is -2.81. The quantitative estimate of drug-likeness (QED) is 0.0195. The molecule has 0 aromatic carbocycles. The molecule has 2 unspecified atom stereocenters. The van der Waals surface area contributed by atoms with Gasteiger partial charge < -0.3 is 27.9 Å². The number of quaternary nitrogens is 1. The highest BCUT2D eigenvalue weighted by Gasteiger charge is 2.22. The van der Waals surface area contributed by atoms with E-state index in [4.69, 9.17) is 18.5 Å². The van der Waals surface area contributed by atoms with Crippen molar-refractivity contribution < 1.29 is 42.1 Å². The topological polar surface area (TPSA) is 111 Å². The third-order valence-electron chi connectivity index (χ3n) is 13.9. The van der Waals surface area contributed by atoms with Gasteiger partial charge in [-0.2, -0.15) is 0 Å². The number of hydrogen-bond donors (Lipinski definition) is 0. The maximum Gasteiger partial charge on any atom is 0.306 e. The number of unbranched alkanes of at least 4 members (excludes halogenated alkanes) is 31. The first-order chi connectivity index (χ1) is 38.0. The number of likely N-dealkylation sites (N-methyl/N-ethyl adjacent to an activating group) is 1. The van der Waals surface area contributed by atoms with Crippen LogP contribution in [0.2, 0.25) is 0 Å². The molecule has 0 radical (unpaired) electrons. The van der Waals surface area contributed by atoms with Crippen molar-refractivity contribution in [1.29, 1.82) is 0 Å². The Morgan fingerprint density at radius 2 is 0.692 bits per heavy atom. The van der Waals surface area contributed by atoms with Crippen molar-refractivity contribution in [3.05, 3.63) is 85.1 Å². The van der Waals surface area contributed by atoms with Gasteiger partial charge in [-0.1, -0.05) is 272 Å². The van der Waals surface area contributed by atoms with Crippen LogP contribution in [0.5, 0.6) is 0 Å². The lowest BCUT2D eigenvalue weighted by molar-refractivity contribution is -0.870. The van der Waals surface area contributed by atoms with Gasteiger partial charge in [0.25, 0.3) is 7.82 Å². The lowest BCUT2D eigenvalue weighted by atomic mass is 10.0. The molecule has 0 fully saturated rings. The summed E-state index contributed by atoms with van der Waals surface area (Å²) in [6.07, 6.45) is 79.8. The molecule has 9 nitrogen and oxygen atoms in total. The van der Waals surface area contributed by atoms with Crippen molar-refractivity contribution in [3.8, 4) is 0 Å². The molecule has 0 aliphatic rings. The van der Waals surface area contributed by atoms with E-state index >= 15 is 0 Å². The predicted molar refractivity (Wildman–Crippen MR) is 332 cm³/mol. The first kappa shape index (κ1) is 75.2. The molecule has 0 aromatic heterocycles. The van der Waals surface area contributed by atoms with E-state index in [1.165, 1.54) is 161 Å². The summed E-state index contributed by atoms with van der Waals surface area (Å²) < 4.78 is 34.1. The molecule has 0 heterocycles. The summed E-state index contributed by atoms with van der Waals surface area (Å²) in [4.78, 5) is 37.8. The maximum absolute atomic E-state index is 12.8. The lowest BCUT2D eigenvalue weighted by Crippen LogP contribution is -2.37. The van der Waals surface area contributed by atoms with Crippen molar-refractivity contribution in [2.75, 3.05) is 47.5 Å². The monoisotopic (exact) mass is 1110 g/mol. The molecule has 2 atom stereocenters. The number of rotatable bonds is 59. The number of esters is 2. The molecule has 0 N–H and O–H groups in total. The minimum atomic E-state index is -4.64. The Kier molecular flexibility index (Phi) is 56.7. The van der Waals surface area contributed by atoms with E-state index in [0.717, 1.165) is 83.5 Å². The smallest absolute Gasteiger partial charge is 0.306 e. The van der Waals surface area contributed by atoms with E-state index in [1.54, 1.807) is 0 Å². The zero-order chi connectivity index (χ0) is 57.0. The van der Waals surface area contributed by atoms with E-state index in [-0.39, 0.29) is 26.1 Å². The number of nitrogens with zero attached hydrogens (tertiary/aromatic N) is 1. The molecular formula is C68H122NO8P. The second-order valence-electron chi connectivity index (χ2n) is 22.7. The van der Waals surface area contributed by atoms with E-state index in [0.29, 0.717) is 23.9 Å². The van der Waals surface area contributed by atoms with Crippen LogP contribution in [0.3, 0.4) is 0 Å². The third-order valence-corrected chi connectivity index (χ3v) is 14.9. The number of ether oxygens (including phenoxy) is 2. The molecule has 0 rings (SSSR count). The highest BCUT2D eigenvalue weighted by molar-refractivity contribution is 7.45. The van der Waals surface area contributed by atoms with Crippen LogP contribution in [-0.2, 0) is 32.7 Å². The van der Waals surface area contributed by atoms with Crippen LogP contribution in [0.15, 0.2) is 85.1 Å². The number of allylic oxidation sites excluding steroid dienone is 14. The second-order valence-corrected chi connectivity index (χ2v) is 24.1. The normalized spacial score (nSPS) is 13.8. The van der Waals surface area contributed by atoms with Crippen molar-refractivity contribution in [3.63, 3.8) is 0 Å². The largest absolute Gasteiger partial charge is 0.756 e. The van der Waals surface area contributed by atoms with Gasteiger partial charge in [0.15, 0.2) is 6.10 Å². The van der Waals surface area contributed by atoms with Gasteiger partial charge in [0.05, 0.1) is 27.7 Å². The van der Waals surface area contributed by atoms with Crippen LogP contribution in [0.1, 0.15) is 284 Å². The van der Waals surface area contributed by atoms with Crippen LogP contribution < -0.4 is 4.89 Å². The van der Waals surface area contributed by atoms with Crippen LogP contribution in [0.4, 0.5) is 0 Å². The summed E-state index contributed by atoms with van der Waals surface area (Å²) in [5, 5.41) is 0. The fourth-order valence-corrected chi connectivity index (χ4v) is 9.75. The fourth-order valence-electron chi connectivity index (χ4n) is 9.02. The van der Waals surface area contributed by atoms with Gasteiger partial charge in [-0.3, -0.25) is 14.2 Å². The second kappa shape index (κ2) is 58.8. The fraction of sp³-hybridized carbons (Fsp3) is 0.765. The average Bonchev–Trinajstić information content (AvgIpc) is 3.40. The Morgan fingerprint density at radius 1 is 0.397 bits per heavy atom. The molecule has 0 aliphatic carbocycles. The molecular weight excluding hydrogens is 990 g/mol. The number of hydrogen-bond acceptors (Lipinski definition) is 8. The van der Waals surface area contributed by atoms with E-state index in [9.17, 15) is 19.0 Å². The molecule has 0 aliphatic heterocycles. The Balaban J connectivity index is 3.86. The van der Waals surface area contributed by atoms with Gasteiger partial charge in [-0.15, -0.1) is 0 Å². The van der Waals surface area contributed by atoms with Gasteiger partial charge >= 0.3 is 11.9 Å². The number of phosphoric ester groups is 1. The van der Waals surface area contributed by atoms with Gasteiger partial charge in [0.1, 0.15) is 19.8 Å². The average molecular weight is 1110 g/mol. The van der Waals surface area contributed by atoms with Crippen molar-refractivity contribution in [1.82, 2.24) is 0 Å². The number of carbonyl (C=O) groups excluding carboxylic acids is 2. The van der Waals surface area contributed by atoms with E-state index in [2.05, 4.69) is 98.9 Å². The van der Waals surface area contributed by atoms with Gasteiger partial charge in [-0.25, -0.2) is 0 Å². The molecule has 0 bridgehead atoms. The van der Waals surface area contributed by atoms with E-state index in [1.807, 2.05) is 21.1 Å². The van der Waals surface area contributed by atoms with Crippen LogP contribution in [-0.4, -0.2) is 70.0 Å². The minimum absolute atomic E-state index is 0.0365. The first-order valence-corrected chi connectivity index (χ1v) is 33.8. The molecule has 0 saturated heterocycles. The Labute approximate surface area is 481 Å². The summed E-state index contributed by atoms with van der Waals surface area (Å²) in [7, 11) is 1.15. The maximum atomic E-state index is 12.8. The Bertz CT molecular complexity index is 1590. The van der Waals surface area contributed by atoms with Crippen molar-refractivity contribution >= 4 is 19.8 Å². The molecule has 78 heavy (non-hydrogen) atoms. The summed E-state index contributed by atoms with van der Waals surface area (Å²) >= 11 is 0. The summed E-state index contributed by atoms with van der Waals surface area (Å²) in [6, 6.07) is 0. The zero-order valence-electron chi connectivity index (χ0n) is 51.3. The number of carbonyl (C=O) groups is 2. The summed E-state index contributed by atoms with van der Waals surface area (Å²) in [6.45, 7) is 3.99. The molecule has 0 spiro atoms. The predicted octanol–water partition coefficient (Wildman–Crippen LogP) is 20.0. The highest BCUT2D eigenvalue weighted by atomic mass is 31.2. The minimum Gasteiger partial charge on any atom is -0.756 e. The zero-order valence-corrected chi connectivity index (χ0v) is 52.2. The third kappa shape index (κ3) is 62.4. The molecule has 452 valence electrons. The summed E-state index contributed by atoms with van der Waals surface area (Å²) in [5.41, 5.74) is 0. The molecule has 0 amide bonds. The standard InChI is InChI=1S/C68H122NO8P/c1-6-8-10-12-14-16-18-20-21-22-23-24-25-26-27-28-29-30-31-32-33-34-35-36-37-38-39-40-41-42-43-44-45-46-47-49-51-53-55-57-59-61-68(71)77-66(65-76-78(72,73)75-63-62-69(3,4)5)64-74-67(70)60-58-56-54-52-50-48-19-17-15-13-11-9-7-2/h8-11,14-17,20-21,23-24,48,50,66H,6-7,12-13,18-19,22,25-47,49,51-65H2,1-5H3/b10-8-,11-9-,16-14-,17-15-,21-20-,24-23-,50-48-. The molecule has 10 heteroatoms. The van der Waals surface area contributed by atoms with Crippen LogP contribution >= 0.6 is 7.82 Å². The van der Waals surface area contributed by atoms with Gasteiger partial charge in [0, 0.05) is 12.8 Å². The van der Waals surface area contributed by atoms with Gasteiger partial charge in [-0.05, 0) is 83.5 Å². The lowest BCUT2D eigenvalue weighted by Gasteiger charge is -2.28. The highest BCUT2D eigenvalue weighted by Crippen LogP contribution is 2.38. The SMILES string of the molecule is CC/C=C\C/C=C\C/C=C\C/C=C\CCCCCCCCCCCCCCCCCCCCCCCCCCCCCCC(=O)OC(COC(=O)CCCCC/C=C\C/C=C\C/C=C\CC)COP(=O)([O-])OCC[N+](C)(C)C. The molecule has 0 aromatic rings. The van der Waals surface area contributed by atoms with E-state index < -0.39 is 32.5 Å². The number of phosphoric acid groups is 1. The van der Waals surface area contributed by atoms with Crippen LogP contribution in [0, 0.1) is 0 Å². The van der Waals surface area contributed by atoms with Gasteiger partial charge in [0.2, 0.25) is 0 Å². The summed E-state index contributed by atoms with van der Waals surface area (Å²) in [5.74, 6) is -0.861. The molecule has 0 saturated carbocycles. The Morgan fingerprint density at radius 3 is 1.04 bits per heavy atom. The van der Waals surface area contributed by atoms with Crippen LogP contribution in [0.25, 0.3) is 0 Å². The van der Waals surface area contributed by atoms with Crippen molar-refractivity contribution in [2.45, 2.75) is 290 Å².